The number of rotatable bonds is 4. The molecule has 17 heavy (non-hydrogen) atoms. The van der Waals surface area contributed by atoms with E-state index in [4.69, 9.17) is 4.52 Å². The maximum absolute atomic E-state index is 11.3. The van der Waals surface area contributed by atoms with E-state index in [1.807, 2.05) is 13.0 Å². The molecule has 1 fully saturated rings. The molecule has 1 saturated heterocycles. The van der Waals surface area contributed by atoms with Gasteiger partial charge in [-0.2, -0.15) is 0 Å². The van der Waals surface area contributed by atoms with Gasteiger partial charge in [-0.15, -0.1) is 0 Å². The highest BCUT2D eigenvalue weighted by molar-refractivity contribution is 5.76. The van der Waals surface area contributed by atoms with Crippen LogP contribution in [-0.2, 0) is 11.3 Å². The number of hydrogen-bond donors (Lipinski definition) is 0. The number of piperidine rings is 1. The minimum absolute atomic E-state index is 0.276. The van der Waals surface area contributed by atoms with Crippen molar-refractivity contribution in [2.45, 2.75) is 52.1 Å². The predicted molar refractivity (Wildman–Crippen MR) is 64.6 cm³/mol. The first kappa shape index (κ1) is 12.3. The second-order valence-electron chi connectivity index (χ2n) is 4.96. The van der Waals surface area contributed by atoms with Crippen molar-refractivity contribution < 1.29 is 9.32 Å². The Morgan fingerprint density at radius 2 is 2.41 bits per heavy atom. The lowest BCUT2D eigenvalue weighted by Gasteiger charge is -2.34. The summed E-state index contributed by atoms with van der Waals surface area (Å²) in [6.45, 7) is 5.44. The Labute approximate surface area is 102 Å². The van der Waals surface area contributed by atoms with Gasteiger partial charge in [0.25, 0.3) is 0 Å². The zero-order valence-corrected chi connectivity index (χ0v) is 10.6. The largest absolute Gasteiger partial charge is 0.361 e. The van der Waals surface area contributed by atoms with Gasteiger partial charge in [0.1, 0.15) is 11.5 Å². The molecule has 0 aromatic carbocycles. The number of ketones is 1. The third kappa shape index (κ3) is 3.40. The van der Waals surface area contributed by atoms with Gasteiger partial charge in [0.05, 0.1) is 5.69 Å². The first-order chi connectivity index (χ1) is 8.15. The number of hydrogen-bond acceptors (Lipinski definition) is 4. The molecule has 0 saturated carbocycles. The molecular formula is C13H20N2O2. The fourth-order valence-electron chi connectivity index (χ4n) is 2.53. The highest BCUT2D eigenvalue weighted by Crippen LogP contribution is 2.22. The van der Waals surface area contributed by atoms with Crippen LogP contribution in [0, 0.1) is 6.92 Å². The average Bonchev–Trinajstić information content (AvgIpc) is 2.66. The highest BCUT2D eigenvalue weighted by Gasteiger charge is 2.24. The predicted octanol–water partition coefficient (Wildman–Crippen LogP) is 2.32. The van der Waals surface area contributed by atoms with Crippen LogP contribution in [0.4, 0.5) is 0 Å². The average molecular weight is 236 g/mol. The molecular weight excluding hydrogens is 216 g/mol. The maximum atomic E-state index is 11.3. The zero-order valence-electron chi connectivity index (χ0n) is 10.6. The molecule has 1 aromatic rings. The molecule has 2 rings (SSSR count). The Morgan fingerprint density at radius 1 is 1.59 bits per heavy atom. The number of nitrogens with zero attached hydrogens (tertiary/aromatic N) is 2. The van der Waals surface area contributed by atoms with Crippen molar-refractivity contribution in [3.63, 3.8) is 0 Å². The second kappa shape index (κ2) is 5.45. The molecule has 1 aliphatic heterocycles. The van der Waals surface area contributed by atoms with E-state index in [0.29, 0.717) is 12.5 Å². The summed E-state index contributed by atoms with van der Waals surface area (Å²) in [4.78, 5) is 13.6. The molecule has 1 atom stereocenters. The smallest absolute Gasteiger partial charge is 0.133 e. The van der Waals surface area contributed by atoms with Crippen molar-refractivity contribution >= 4 is 5.78 Å². The van der Waals surface area contributed by atoms with E-state index in [-0.39, 0.29) is 5.78 Å². The summed E-state index contributed by atoms with van der Waals surface area (Å²) in [6, 6.07) is 2.36. The van der Waals surface area contributed by atoms with Crippen LogP contribution in [0.3, 0.4) is 0 Å². The molecule has 0 amide bonds. The summed E-state index contributed by atoms with van der Waals surface area (Å²) in [5, 5.41) is 4.02. The van der Waals surface area contributed by atoms with Crippen LogP contribution in [0.15, 0.2) is 10.6 Å². The van der Waals surface area contributed by atoms with Crippen molar-refractivity contribution in [3.05, 3.63) is 17.5 Å². The monoisotopic (exact) mass is 236 g/mol. The van der Waals surface area contributed by atoms with Crippen LogP contribution < -0.4 is 0 Å². The van der Waals surface area contributed by atoms with Crippen LogP contribution in [0.2, 0.25) is 0 Å². The van der Waals surface area contributed by atoms with E-state index in [1.165, 1.54) is 12.8 Å². The number of carbonyl (C=O) groups excluding carboxylic acids is 1. The lowest BCUT2D eigenvalue weighted by molar-refractivity contribution is -0.118. The molecule has 2 heterocycles. The van der Waals surface area contributed by atoms with Gasteiger partial charge in [-0.1, -0.05) is 11.6 Å². The van der Waals surface area contributed by atoms with Gasteiger partial charge < -0.3 is 4.52 Å². The van der Waals surface area contributed by atoms with E-state index in [9.17, 15) is 4.79 Å². The van der Waals surface area contributed by atoms with Crippen molar-refractivity contribution in [1.29, 1.82) is 0 Å². The molecule has 0 radical (unpaired) electrons. The van der Waals surface area contributed by atoms with Crippen LogP contribution in [-0.4, -0.2) is 28.4 Å². The SMILES string of the molecule is CC(=O)CC1CCCCN1Cc1cc(C)on1. The number of aromatic nitrogens is 1. The number of likely N-dealkylation sites (tertiary alicyclic amines) is 1. The van der Waals surface area contributed by atoms with Crippen LogP contribution in [0.25, 0.3) is 0 Å². The number of aryl methyl sites for hydroxylation is 1. The Hall–Kier alpha value is -1.16. The van der Waals surface area contributed by atoms with E-state index < -0.39 is 0 Å². The lowest BCUT2D eigenvalue weighted by atomic mass is 9.97. The molecule has 1 aromatic heterocycles. The first-order valence-electron chi connectivity index (χ1n) is 6.31. The maximum Gasteiger partial charge on any atom is 0.133 e. The van der Waals surface area contributed by atoms with E-state index in [0.717, 1.165) is 31.0 Å². The summed E-state index contributed by atoms with van der Waals surface area (Å²) < 4.78 is 5.08. The minimum atomic E-state index is 0.276. The first-order valence-corrected chi connectivity index (χ1v) is 6.31. The molecule has 4 nitrogen and oxygen atoms in total. The van der Waals surface area contributed by atoms with Crippen molar-refractivity contribution in [1.82, 2.24) is 10.1 Å². The molecule has 94 valence electrons. The van der Waals surface area contributed by atoms with E-state index in [2.05, 4.69) is 10.1 Å². The van der Waals surface area contributed by atoms with Gasteiger partial charge in [0, 0.05) is 25.1 Å². The second-order valence-corrected chi connectivity index (χ2v) is 4.96. The number of Topliss-reactive ketones (excluding diaryl/α,β-unsaturated/α-hetero) is 1. The van der Waals surface area contributed by atoms with Crippen LogP contribution >= 0.6 is 0 Å². The van der Waals surface area contributed by atoms with Gasteiger partial charge in [-0.3, -0.25) is 9.69 Å². The molecule has 0 N–H and O–H groups in total. The quantitative estimate of drug-likeness (QED) is 0.805. The molecule has 0 aliphatic carbocycles. The zero-order chi connectivity index (χ0) is 12.3. The van der Waals surface area contributed by atoms with Crippen molar-refractivity contribution in [2.75, 3.05) is 6.54 Å². The molecule has 0 spiro atoms. The van der Waals surface area contributed by atoms with Gasteiger partial charge in [-0.25, -0.2) is 0 Å². The van der Waals surface area contributed by atoms with Crippen LogP contribution in [0.1, 0.15) is 44.1 Å². The van der Waals surface area contributed by atoms with Crippen molar-refractivity contribution in [3.8, 4) is 0 Å². The number of carbonyl (C=O) groups is 1. The third-order valence-corrected chi connectivity index (χ3v) is 3.31. The summed E-state index contributed by atoms with van der Waals surface area (Å²) >= 11 is 0. The van der Waals surface area contributed by atoms with Gasteiger partial charge >= 0.3 is 0 Å². The topological polar surface area (TPSA) is 46.3 Å². The van der Waals surface area contributed by atoms with E-state index >= 15 is 0 Å². The third-order valence-electron chi connectivity index (χ3n) is 3.31. The summed E-state index contributed by atoms with van der Waals surface area (Å²) in [5.74, 6) is 1.12. The molecule has 4 heteroatoms. The Kier molecular flexibility index (Phi) is 3.94. The molecule has 1 unspecified atom stereocenters. The summed E-state index contributed by atoms with van der Waals surface area (Å²) in [6.07, 6.45) is 4.23. The Bertz CT molecular complexity index is 387. The van der Waals surface area contributed by atoms with Gasteiger partial charge in [-0.05, 0) is 33.2 Å². The molecule has 1 aliphatic rings. The normalized spacial score (nSPS) is 21.6. The fraction of sp³-hybridized carbons (Fsp3) is 0.692. The van der Waals surface area contributed by atoms with Crippen LogP contribution in [0.5, 0.6) is 0 Å². The minimum Gasteiger partial charge on any atom is -0.361 e. The van der Waals surface area contributed by atoms with Gasteiger partial charge in [0.2, 0.25) is 0 Å². The Morgan fingerprint density at radius 3 is 3.06 bits per heavy atom. The van der Waals surface area contributed by atoms with Gasteiger partial charge in [0.15, 0.2) is 0 Å². The lowest BCUT2D eigenvalue weighted by Crippen LogP contribution is -2.40. The fourth-order valence-corrected chi connectivity index (χ4v) is 2.53. The molecule has 0 bridgehead atoms. The Balaban J connectivity index is 1.98. The van der Waals surface area contributed by atoms with Crippen molar-refractivity contribution in [2.24, 2.45) is 0 Å². The van der Waals surface area contributed by atoms with E-state index in [1.54, 1.807) is 6.92 Å². The summed E-state index contributed by atoms with van der Waals surface area (Å²) in [5.41, 5.74) is 0.970. The standard InChI is InChI=1S/C13H20N2O2/c1-10(16)7-13-5-3-4-6-15(13)9-12-8-11(2)17-14-12/h8,13H,3-7,9H2,1-2H3. The summed E-state index contributed by atoms with van der Waals surface area (Å²) in [7, 11) is 0. The highest BCUT2D eigenvalue weighted by atomic mass is 16.5.